The summed E-state index contributed by atoms with van der Waals surface area (Å²) in [5.74, 6) is -0.0316. The number of para-hydroxylation sites is 1. The van der Waals surface area contributed by atoms with Crippen LogP contribution in [0.2, 0.25) is 5.02 Å². The van der Waals surface area contributed by atoms with Crippen molar-refractivity contribution in [1.82, 2.24) is 4.90 Å². The summed E-state index contributed by atoms with van der Waals surface area (Å²) >= 11 is 6.07. The highest BCUT2D eigenvalue weighted by Gasteiger charge is 2.29. The zero-order valence-corrected chi connectivity index (χ0v) is 12.3. The van der Waals surface area contributed by atoms with Gasteiger partial charge in [0.05, 0.1) is 5.02 Å². The second-order valence-corrected chi connectivity index (χ2v) is 5.45. The van der Waals surface area contributed by atoms with Crippen molar-refractivity contribution in [3.63, 3.8) is 0 Å². The molecule has 1 fully saturated rings. The van der Waals surface area contributed by atoms with Gasteiger partial charge in [0.15, 0.2) is 0 Å². The summed E-state index contributed by atoms with van der Waals surface area (Å²) in [5, 5.41) is 9.79. The van der Waals surface area contributed by atoms with Crippen LogP contribution in [0.3, 0.4) is 0 Å². The molecule has 1 aliphatic rings. The number of likely N-dealkylation sites (tertiary alicyclic amines) is 1. The minimum atomic E-state index is -0.738. The van der Waals surface area contributed by atoms with Crippen molar-refractivity contribution in [3.8, 4) is 5.75 Å². The predicted molar refractivity (Wildman–Crippen MR) is 78.4 cm³/mol. The summed E-state index contributed by atoms with van der Waals surface area (Å²) in [6.07, 6.45) is 2.40. The lowest BCUT2D eigenvalue weighted by atomic mass is 10.0. The number of piperidine rings is 1. The Labute approximate surface area is 124 Å². The zero-order valence-electron chi connectivity index (χ0n) is 11.6. The average Bonchev–Trinajstić information content (AvgIpc) is 2.43. The number of hydrogen-bond donors (Lipinski definition) is 1. The fraction of sp³-hybridized carbons (Fsp3) is 0.533. The van der Waals surface area contributed by atoms with Crippen molar-refractivity contribution in [3.05, 3.63) is 29.3 Å². The first-order valence-electron chi connectivity index (χ1n) is 7.00. The smallest absolute Gasteiger partial charge is 0.320 e. The fourth-order valence-electron chi connectivity index (χ4n) is 2.61. The van der Waals surface area contributed by atoms with Crippen LogP contribution in [0.1, 0.15) is 26.2 Å². The number of benzene rings is 1. The quantitative estimate of drug-likeness (QED) is 0.907. The van der Waals surface area contributed by atoms with E-state index in [1.165, 1.54) is 0 Å². The number of aliphatic carboxylic acids is 1. The highest BCUT2D eigenvalue weighted by atomic mass is 35.5. The van der Waals surface area contributed by atoms with Crippen LogP contribution in [0.4, 0.5) is 0 Å². The molecule has 20 heavy (non-hydrogen) atoms. The van der Waals surface area contributed by atoms with E-state index in [4.69, 9.17) is 16.3 Å². The van der Waals surface area contributed by atoms with Gasteiger partial charge in [-0.3, -0.25) is 9.69 Å². The molecule has 5 heteroatoms. The number of carboxylic acid groups (broad SMARTS) is 1. The Morgan fingerprint density at radius 3 is 2.65 bits per heavy atom. The molecule has 0 bridgehead atoms. The first-order chi connectivity index (χ1) is 9.61. The number of rotatable bonds is 5. The van der Waals surface area contributed by atoms with Crippen LogP contribution in [0.15, 0.2) is 24.3 Å². The van der Waals surface area contributed by atoms with Gasteiger partial charge in [-0.05, 0) is 31.4 Å². The molecule has 1 N–H and O–H groups in total. The highest BCUT2D eigenvalue weighted by Crippen LogP contribution is 2.27. The van der Waals surface area contributed by atoms with E-state index in [0.717, 1.165) is 25.9 Å². The molecule has 0 aromatic heterocycles. The van der Waals surface area contributed by atoms with Crippen molar-refractivity contribution < 1.29 is 14.6 Å². The third kappa shape index (κ3) is 3.64. The molecule has 110 valence electrons. The summed E-state index contributed by atoms with van der Waals surface area (Å²) < 4.78 is 5.90. The normalized spacial score (nSPS) is 18.7. The van der Waals surface area contributed by atoms with Crippen LogP contribution in [-0.4, -0.2) is 41.2 Å². The Morgan fingerprint density at radius 2 is 2.10 bits per heavy atom. The van der Waals surface area contributed by atoms with Gasteiger partial charge in [0, 0.05) is 13.1 Å². The summed E-state index contributed by atoms with van der Waals surface area (Å²) in [6.45, 7) is 3.41. The summed E-state index contributed by atoms with van der Waals surface area (Å²) in [4.78, 5) is 13.2. The second kappa shape index (κ2) is 6.95. The Morgan fingerprint density at radius 1 is 1.45 bits per heavy atom. The molecule has 4 nitrogen and oxygen atoms in total. The van der Waals surface area contributed by atoms with E-state index in [0.29, 0.717) is 17.2 Å². The number of halogens is 1. The van der Waals surface area contributed by atoms with Crippen LogP contribution in [0, 0.1) is 0 Å². The summed E-state index contributed by atoms with van der Waals surface area (Å²) in [6, 6.07) is 7.06. The van der Waals surface area contributed by atoms with Gasteiger partial charge in [0.2, 0.25) is 0 Å². The molecule has 0 radical (unpaired) electrons. The molecule has 1 atom stereocenters. The first kappa shape index (κ1) is 15.1. The van der Waals surface area contributed by atoms with E-state index >= 15 is 0 Å². The van der Waals surface area contributed by atoms with Gasteiger partial charge in [-0.1, -0.05) is 30.7 Å². The van der Waals surface area contributed by atoms with Crippen LogP contribution < -0.4 is 4.74 Å². The van der Waals surface area contributed by atoms with Crippen molar-refractivity contribution >= 4 is 17.6 Å². The minimum Gasteiger partial charge on any atom is -0.489 e. The molecule has 2 rings (SSSR count). The van der Waals surface area contributed by atoms with Gasteiger partial charge < -0.3 is 9.84 Å². The minimum absolute atomic E-state index is 0.109. The van der Waals surface area contributed by atoms with E-state index in [1.54, 1.807) is 0 Å². The number of hydrogen-bond acceptors (Lipinski definition) is 3. The fourth-order valence-corrected chi connectivity index (χ4v) is 2.79. The molecular weight excluding hydrogens is 278 g/mol. The van der Waals surface area contributed by atoms with Crippen molar-refractivity contribution in [2.75, 3.05) is 13.1 Å². The molecule has 0 saturated carbocycles. The van der Waals surface area contributed by atoms with E-state index in [1.807, 2.05) is 36.1 Å². The Bertz CT molecular complexity index is 458. The average molecular weight is 298 g/mol. The van der Waals surface area contributed by atoms with Crippen LogP contribution in [0.25, 0.3) is 0 Å². The standard InChI is InChI=1S/C15H20ClNO3/c1-2-13(15(18)19)17-9-7-11(8-10-17)20-14-6-4-3-5-12(14)16/h3-6,11,13H,2,7-10H2,1H3,(H,18,19). The third-order valence-corrected chi connectivity index (χ3v) is 4.03. The van der Waals surface area contributed by atoms with Gasteiger partial charge in [-0.15, -0.1) is 0 Å². The predicted octanol–water partition coefficient (Wildman–Crippen LogP) is 3.05. The summed E-state index contributed by atoms with van der Waals surface area (Å²) in [7, 11) is 0. The number of nitrogens with zero attached hydrogens (tertiary/aromatic N) is 1. The molecule has 1 heterocycles. The van der Waals surface area contributed by atoms with Crippen LogP contribution in [0.5, 0.6) is 5.75 Å². The molecule has 0 aliphatic carbocycles. The summed E-state index contributed by atoms with van der Waals surface area (Å²) in [5.41, 5.74) is 0. The van der Waals surface area contributed by atoms with Crippen LogP contribution in [-0.2, 0) is 4.79 Å². The lowest BCUT2D eigenvalue weighted by Crippen LogP contribution is -2.47. The monoisotopic (exact) mass is 297 g/mol. The van der Waals surface area contributed by atoms with Crippen molar-refractivity contribution in [2.24, 2.45) is 0 Å². The largest absolute Gasteiger partial charge is 0.489 e. The molecule has 1 saturated heterocycles. The van der Waals surface area contributed by atoms with Gasteiger partial charge in [-0.2, -0.15) is 0 Å². The number of ether oxygens (including phenoxy) is 1. The Hall–Kier alpha value is -1.26. The van der Waals surface area contributed by atoms with E-state index in [-0.39, 0.29) is 12.1 Å². The third-order valence-electron chi connectivity index (χ3n) is 3.72. The Balaban J connectivity index is 1.88. The Kier molecular flexibility index (Phi) is 5.26. The van der Waals surface area contributed by atoms with Crippen molar-refractivity contribution in [2.45, 2.75) is 38.3 Å². The molecule has 1 aromatic carbocycles. The number of carbonyl (C=O) groups is 1. The van der Waals surface area contributed by atoms with E-state index in [9.17, 15) is 9.90 Å². The molecule has 0 amide bonds. The van der Waals surface area contributed by atoms with Gasteiger partial charge in [-0.25, -0.2) is 0 Å². The second-order valence-electron chi connectivity index (χ2n) is 5.05. The van der Waals surface area contributed by atoms with E-state index in [2.05, 4.69) is 0 Å². The van der Waals surface area contributed by atoms with Gasteiger partial charge in [0.25, 0.3) is 0 Å². The van der Waals surface area contributed by atoms with Crippen LogP contribution >= 0.6 is 11.6 Å². The van der Waals surface area contributed by atoms with Crippen molar-refractivity contribution in [1.29, 1.82) is 0 Å². The van der Waals surface area contributed by atoms with Gasteiger partial charge in [0.1, 0.15) is 17.9 Å². The lowest BCUT2D eigenvalue weighted by Gasteiger charge is -2.35. The zero-order chi connectivity index (χ0) is 14.5. The molecule has 0 spiro atoms. The first-order valence-corrected chi connectivity index (χ1v) is 7.37. The maximum Gasteiger partial charge on any atom is 0.320 e. The molecule has 1 aromatic rings. The topological polar surface area (TPSA) is 49.8 Å². The number of carboxylic acids is 1. The molecule has 1 unspecified atom stereocenters. The maximum atomic E-state index is 11.2. The molecule has 1 aliphatic heterocycles. The van der Waals surface area contributed by atoms with E-state index < -0.39 is 5.97 Å². The maximum absolute atomic E-state index is 11.2. The molecular formula is C15H20ClNO3. The SMILES string of the molecule is CCC(C(=O)O)N1CCC(Oc2ccccc2Cl)CC1. The highest BCUT2D eigenvalue weighted by molar-refractivity contribution is 6.32. The lowest BCUT2D eigenvalue weighted by molar-refractivity contribution is -0.144. The van der Waals surface area contributed by atoms with Gasteiger partial charge >= 0.3 is 5.97 Å².